The number of rotatable bonds is 7. The van der Waals surface area contributed by atoms with Crippen LogP contribution < -0.4 is 5.32 Å². The van der Waals surface area contributed by atoms with Gasteiger partial charge in [0.1, 0.15) is 0 Å². The molecule has 0 radical (unpaired) electrons. The Hall–Kier alpha value is 0.310. The molecule has 1 N–H and O–H groups in total. The van der Waals surface area contributed by atoms with Crippen molar-refractivity contribution in [3.8, 4) is 0 Å². The van der Waals surface area contributed by atoms with E-state index in [0.717, 1.165) is 50.5 Å². The molecule has 0 saturated carbocycles. The summed E-state index contributed by atoms with van der Waals surface area (Å²) >= 11 is 2.09. The Morgan fingerprint density at radius 2 is 2.24 bits per heavy atom. The van der Waals surface area contributed by atoms with Crippen molar-refractivity contribution >= 4 is 41.7 Å². The minimum Gasteiger partial charge on any atom is -0.381 e. The van der Waals surface area contributed by atoms with E-state index in [4.69, 9.17) is 4.74 Å². The average molecular weight is 429 g/mol. The Kier molecular flexibility index (Phi) is 13.0. The molecule has 0 bridgehead atoms. The fraction of sp³-hybridized carbons (Fsp3) is 0.933. The maximum Gasteiger partial charge on any atom is 0.193 e. The van der Waals surface area contributed by atoms with Crippen LogP contribution >= 0.6 is 35.7 Å². The highest BCUT2D eigenvalue weighted by atomic mass is 127. The van der Waals surface area contributed by atoms with E-state index in [9.17, 15) is 0 Å². The number of nitrogens with one attached hydrogen (secondary N) is 1. The number of aliphatic imine (C=N–C) groups is 1. The molecule has 0 aromatic heterocycles. The van der Waals surface area contributed by atoms with Crippen LogP contribution in [0.2, 0.25) is 0 Å². The summed E-state index contributed by atoms with van der Waals surface area (Å²) in [6.07, 6.45) is 2.27. The quantitative estimate of drug-likeness (QED) is 0.292. The van der Waals surface area contributed by atoms with Crippen LogP contribution in [0.25, 0.3) is 0 Å². The maximum absolute atomic E-state index is 5.59. The minimum absolute atomic E-state index is 0. The summed E-state index contributed by atoms with van der Waals surface area (Å²) in [5.74, 6) is 2.87. The highest BCUT2D eigenvalue weighted by molar-refractivity contribution is 14.0. The van der Waals surface area contributed by atoms with Crippen LogP contribution in [-0.4, -0.2) is 61.8 Å². The molecule has 1 fully saturated rings. The van der Waals surface area contributed by atoms with E-state index in [0.29, 0.717) is 5.92 Å². The van der Waals surface area contributed by atoms with Crippen LogP contribution in [0.1, 0.15) is 33.6 Å². The van der Waals surface area contributed by atoms with Crippen molar-refractivity contribution in [2.45, 2.75) is 38.9 Å². The minimum atomic E-state index is 0. The smallest absolute Gasteiger partial charge is 0.193 e. The zero-order valence-electron chi connectivity index (χ0n) is 13.9. The summed E-state index contributed by atoms with van der Waals surface area (Å²) in [5.41, 5.74) is 0. The molecule has 1 aliphatic heterocycles. The second-order valence-corrected chi connectivity index (χ2v) is 7.05. The molecule has 0 aromatic carbocycles. The van der Waals surface area contributed by atoms with Crippen LogP contribution in [0.15, 0.2) is 4.99 Å². The standard InChI is InChI=1S/C15H31N3OS.HI/c1-5-14-11-18(8-10-20-14)15(16-4)17-7-6-9-19-12-13(2)3;/h13-14H,5-12H2,1-4H3,(H,16,17);1H. The van der Waals surface area contributed by atoms with Crippen molar-refractivity contribution in [1.82, 2.24) is 10.2 Å². The van der Waals surface area contributed by atoms with Crippen LogP contribution in [0.3, 0.4) is 0 Å². The van der Waals surface area contributed by atoms with Gasteiger partial charge in [-0.2, -0.15) is 11.8 Å². The number of hydrogen-bond acceptors (Lipinski definition) is 3. The molecule has 126 valence electrons. The summed E-state index contributed by atoms with van der Waals surface area (Å²) in [6.45, 7) is 11.5. The normalized spacial score (nSPS) is 19.6. The van der Waals surface area contributed by atoms with E-state index in [-0.39, 0.29) is 24.0 Å². The second kappa shape index (κ2) is 12.8. The van der Waals surface area contributed by atoms with Crippen molar-refractivity contribution in [3.63, 3.8) is 0 Å². The van der Waals surface area contributed by atoms with Crippen molar-refractivity contribution in [1.29, 1.82) is 0 Å². The number of thioether (sulfide) groups is 1. The molecule has 1 heterocycles. The molecule has 4 nitrogen and oxygen atoms in total. The van der Waals surface area contributed by atoms with Crippen molar-refractivity contribution in [3.05, 3.63) is 0 Å². The van der Waals surface area contributed by atoms with Gasteiger partial charge in [-0.15, -0.1) is 24.0 Å². The molecule has 0 spiro atoms. The zero-order valence-corrected chi connectivity index (χ0v) is 17.1. The van der Waals surface area contributed by atoms with Crippen LogP contribution in [-0.2, 0) is 4.74 Å². The van der Waals surface area contributed by atoms with E-state index >= 15 is 0 Å². The summed E-state index contributed by atoms with van der Waals surface area (Å²) in [6, 6.07) is 0. The predicted octanol–water partition coefficient (Wildman–Crippen LogP) is 3.07. The molecule has 1 rings (SSSR count). The Labute approximate surface area is 151 Å². The summed E-state index contributed by atoms with van der Waals surface area (Å²) < 4.78 is 5.59. The summed E-state index contributed by atoms with van der Waals surface area (Å²) in [4.78, 5) is 6.80. The van der Waals surface area contributed by atoms with Crippen molar-refractivity contribution < 1.29 is 4.74 Å². The van der Waals surface area contributed by atoms with Crippen molar-refractivity contribution in [2.75, 3.05) is 45.6 Å². The van der Waals surface area contributed by atoms with Gasteiger partial charge in [0.05, 0.1) is 0 Å². The lowest BCUT2D eigenvalue weighted by atomic mass is 10.2. The lowest BCUT2D eigenvalue weighted by Gasteiger charge is -2.34. The lowest BCUT2D eigenvalue weighted by molar-refractivity contribution is 0.108. The van der Waals surface area contributed by atoms with Gasteiger partial charge in [-0.25, -0.2) is 0 Å². The Balaban J connectivity index is 0.00000400. The fourth-order valence-corrected chi connectivity index (χ4v) is 3.36. The number of ether oxygens (including phenoxy) is 1. The fourth-order valence-electron chi connectivity index (χ4n) is 2.18. The Morgan fingerprint density at radius 3 is 2.86 bits per heavy atom. The van der Waals surface area contributed by atoms with Crippen molar-refractivity contribution in [2.24, 2.45) is 10.9 Å². The first-order chi connectivity index (χ1) is 9.67. The van der Waals surface area contributed by atoms with Crippen LogP contribution in [0, 0.1) is 5.92 Å². The van der Waals surface area contributed by atoms with Crippen LogP contribution in [0.5, 0.6) is 0 Å². The van der Waals surface area contributed by atoms with Gasteiger partial charge in [0, 0.05) is 50.9 Å². The zero-order chi connectivity index (χ0) is 14.8. The predicted molar refractivity (Wildman–Crippen MR) is 105 cm³/mol. The Bertz CT molecular complexity index is 290. The third-order valence-corrected chi connectivity index (χ3v) is 4.68. The molecule has 21 heavy (non-hydrogen) atoms. The van der Waals surface area contributed by atoms with Gasteiger partial charge in [-0.3, -0.25) is 4.99 Å². The van der Waals surface area contributed by atoms with E-state index in [2.05, 4.69) is 47.7 Å². The lowest BCUT2D eigenvalue weighted by Crippen LogP contribution is -2.48. The molecule has 0 amide bonds. The van der Waals surface area contributed by atoms with E-state index in [1.807, 2.05) is 7.05 Å². The first-order valence-corrected chi connectivity index (χ1v) is 8.87. The third-order valence-electron chi connectivity index (χ3n) is 3.31. The summed E-state index contributed by atoms with van der Waals surface area (Å²) in [5, 5.41) is 4.21. The van der Waals surface area contributed by atoms with Crippen LogP contribution in [0.4, 0.5) is 0 Å². The van der Waals surface area contributed by atoms with Gasteiger partial charge < -0.3 is 15.0 Å². The largest absolute Gasteiger partial charge is 0.381 e. The molecular formula is C15H32IN3OS. The number of nitrogens with zero attached hydrogens (tertiary/aromatic N) is 2. The van der Waals surface area contributed by atoms with Gasteiger partial charge in [0.25, 0.3) is 0 Å². The van der Waals surface area contributed by atoms with E-state index in [1.54, 1.807) is 0 Å². The van der Waals surface area contributed by atoms with Gasteiger partial charge in [0.2, 0.25) is 0 Å². The highest BCUT2D eigenvalue weighted by Gasteiger charge is 2.21. The third kappa shape index (κ3) is 9.13. The van der Waals surface area contributed by atoms with Gasteiger partial charge >= 0.3 is 0 Å². The molecule has 0 aliphatic carbocycles. The average Bonchev–Trinajstić information content (AvgIpc) is 2.46. The molecular weight excluding hydrogens is 397 g/mol. The second-order valence-electron chi connectivity index (χ2n) is 5.64. The molecule has 1 aliphatic rings. The topological polar surface area (TPSA) is 36.9 Å². The number of halogens is 1. The number of guanidine groups is 1. The van der Waals surface area contributed by atoms with E-state index in [1.165, 1.54) is 12.2 Å². The van der Waals surface area contributed by atoms with Gasteiger partial charge in [-0.05, 0) is 18.8 Å². The first-order valence-electron chi connectivity index (χ1n) is 7.82. The molecule has 1 atom stereocenters. The molecule has 0 aromatic rings. The SMILES string of the molecule is CCC1CN(C(=NC)NCCCOCC(C)C)CCS1.I. The molecule has 1 unspecified atom stereocenters. The molecule has 1 saturated heterocycles. The van der Waals surface area contributed by atoms with E-state index < -0.39 is 0 Å². The Morgan fingerprint density at radius 1 is 1.48 bits per heavy atom. The monoisotopic (exact) mass is 429 g/mol. The maximum atomic E-state index is 5.59. The van der Waals surface area contributed by atoms with Gasteiger partial charge in [-0.1, -0.05) is 20.8 Å². The highest BCUT2D eigenvalue weighted by Crippen LogP contribution is 2.20. The summed E-state index contributed by atoms with van der Waals surface area (Å²) in [7, 11) is 1.88. The van der Waals surface area contributed by atoms with Gasteiger partial charge in [0.15, 0.2) is 5.96 Å². The first kappa shape index (κ1) is 21.3. The molecule has 6 heteroatoms. The number of hydrogen-bond donors (Lipinski definition) is 1.